The molecular weight excluding hydrogens is 220 g/mol. The second-order valence-corrected chi connectivity index (χ2v) is 4.17. The van der Waals surface area contributed by atoms with Crippen molar-refractivity contribution in [1.29, 1.82) is 5.26 Å². The zero-order chi connectivity index (χ0) is 11.8. The number of unbranched alkanes of at least 4 members (excludes halogenated alkanes) is 1. The Labute approximate surface area is 102 Å². The number of rotatable bonds is 6. The molecule has 1 aromatic carbocycles. The summed E-state index contributed by atoms with van der Waals surface area (Å²) in [6.07, 6.45) is 2.53. The summed E-state index contributed by atoms with van der Waals surface area (Å²) in [6.45, 7) is 3.02. The van der Waals surface area contributed by atoms with Crippen LogP contribution in [0.15, 0.2) is 24.3 Å². The van der Waals surface area contributed by atoms with Crippen molar-refractivity contribution in [2.45, 2.75) is 32.2 Å². The lowest BCUT2D eigenvalue weighted by molar-refractivity contribution is 0.513. The summed E-state index contributed by atoms with van der Waals surface area (Å²) >= 11 is 5.96. The second-order valence-electron chi connectivity index (χ2n) is 3.73. The summed E-state index contributed by atoms with van der Waals surface area (Å²) in [4.78, 5) is 0. The molecule has 1 N–H and O–H groups in total. The van der Waals surface area contributed by atoms with Crippen LogP contribution in [0.4, 0.5) is 0 Å². The average molecular weight is 237 g/mol. The first-order valence-electron chi connectivity index (χ1n) is 5.63. The van der Waals surface area contributed by atoms with Gasteiger partial charge in [0.1, 0.15) is 0 Å². The van der Waals surface area contributed by atoms with Crippen molar-refractivity contribution in [3.8, 4) is 6.07 Å². The number of nitriles is 1. The van der Waals surface area contributed by atoms with Crippen molar-refractivity contribution in [3.05, 3.63) is 34.9 Å². The van der Waals surface area contributed by atoms with Crippen LogP contribution < -0.4 is 5.32 Å². The molecule has 0 amide bonds. The molecule has 0 aliphatic carbocycles. The quantitative estimate of drug-likeness (QED) is 0.765. The minimum Gasteiger partial charge on any atom is -0.310 e. The molecular formula is C13H17ClN2. The van der Waals surface area contributed by atoms with E-state index in [1.54, 1.807) is 0 Å². The Balaban J connectivity index is 2.51. The van der Waals surface area contributed by atoms with Gasteiger partial charge in [-0.1, -0.05) is 30.7 Å². The van der Waals surface area contributed by atoms with Crippen molar-refractivity contribution in [3.63, 3.8) is 0 Å². The Morgan fingerprint density at radius 2 is 2.31 bits per heavy atom. The zero-order valence-electron chi connectivity index (χ0n) is 9.54. The fraction of sp³-hybridized carbons (Fsp3) is 0.462. The molecule has 16 heavy (non-hydrogen) atoms. The molecule has 0 aromatic heterocycles. The maximum atomic E-state index is 8.45. The Kier molecular flexibility index (Phi) is 5.92. The molecule has 0 bridgehead atoms. The van der Waals surface area contributed by atoms with Gasteiger partial charge in [-0.15, -0.1) is 0 Å². The fourth-order valence-corrected chi connectivity index (χ4v) is 1.86. The van der Waals surface area contributed by atoms with Crippen molar-refractivity contribution < 1.29 is 0 Å². The Bertz CT molecular complexity index is 357. The summed E-state index contributed by atoms with van der Waals surface area (Å²) < 4.78 is 0. The minimum absolute atomic E-state index is 0.331. The maximum Gasteiger partial charge on any atom is 0.0622 e. The van der Waals surface area contributed by atoms with Crippen molar-refractivity contribution >= 4 is 11.6 Å². The van der Waals surface area contributed by atoms with Crippen molar-refractivity contribution in [2.24, 2.45) is 0 Å². The molecule has 86 valence electrons. The van der Waals surface area contributed by atoms with Gasteiger partial charge in [0.05, 0.1) is 6.07 Å². The number of benzene rings is 1. The van der Waals surface area contributed by atoms with Crippen LogP contribution in [0.1, 0.15) is 37.8 Å². The molecule has 0 saturated heterocycles. The third kappa shape index (κ3) is 4.22. The Hall–Kier alpha value is -1.04. The van der Waals surface area contributed by atoms with Gasteiger partial charge in [0.15, 0.2) is 0 Å². The van der Waals surface area contributed by atoms with E-state index >= 15 is 0 Å². The maximum absolute atomic E-state index is 8.45. The van der Waals surface area contributed by atoms with Crippen LogP contribution >= 0.6 is 11.6 Å². The zero-order valence-corrected chi connectivity index (χ0v) is 10.3. The standard InChI is InChI=1S/C13H17ClN2/c1-2-13(16-9-4-3-8-15)11-6-5-7-12(14)10-11/h5-7,10,13,16H,2-4,9H2,1H3. The van der Waals surface area contributed by atoms with Gasteiger partial charge < -0.3 is 5.32 Å². The van der Waals surface area contributed by atoms with E-state index in [4.69, 9.17) is 16.9 Å². The number of nitrogens with zero attached hydrogens (tertiary/aromatic N) is 1. The van der Waals surface area contributed by atoms with Crippen LogP contribution in [0, 0.1) is 11.3 Å². The predicted octanol–water partition coefficient (Wildman–Crippen LogP) is 3.68. The monoisotopic (exact) mass is 236 g/mol. The van der Waals surface area contributed by atoms with Crippen molar-refractivity contribution in [1.82, 2.24) is 5.32 Å². The van der Waals surface area contributed by atoms with E-state index in [9.17, 15) is 0 Å². The van der Waals surface area contributed by atoms with Gasteiger partial charge in [-0.25, -0.2) is 0 Å². The first kappa shape index (κ1) is 13.0. The third-order valence-corrected chi connectivity index (χ3v) is 2.75. The van der Waals surface area contributed by atoms with Crippen LogP contribution in [0.5, 0.6) is 0 Å². The third-order valence-electron chi connectivity index (χ3n) is 2.52. The molecule has 0 radical (unpaired) electrons. The summed E-state index contributed by atoms with van der Waals surface area (Å²) in [6, 6.07) is 10.4. The normalized spacial score (nSPS) is 12.1. The van der Waals surface area contributed by atoms with Gasteiger partial charge in [-0.3, -0.25) is 0 Å². The molecule has 1 unspecified atom stereocenters. The van der Waals surface area contributed by atoms with Crippen LogP contribution in [0.25, 0.3) is 0 Å². The van der Waals surface area contributed by atoms with Crippen molar-refractivity contribution in [2.75, 3.05) is 6.54 Å². The molecule has 0 spiro atoms. The van der Waals surface area contributed by atoms with E-state index in [2.05, 4.69) is 24.4 Å². The highest BCUT2D eigenvalue weighted by atomic mass is 35.5. The Morgan fingerprint density at radius 3 is 2.94 bits per heavy atom. The van der Waals surface area contributed by atoms with E-state index in [0.29, 0.717) is 12.5 Å². The van der Waals surface area contributed by atoms with Gasteiger partial charge in [0, 0.05) is 17.5 Å². The SMILES string of the molecule is CCC(NCCCC#N)c1cccc(Cl)c1. The average Bonchev–Trinajstić information content (AvgIpc) is 2.29. The van der Waals surface area contributed by atoms with E-state index in [-0.39, 0.29) is 0 Å². The van der Waals surface area contributed by atoms with E-state index < -0.39 is 0 Å². The largest absolute Gasteiger partial charge is 0.310 e. The molecule has 1 aromatic rings. The summed E-state index contributed by atoms with van der Waals surface area (Å²) in [5.74, 6) is 0. The number of nitrogens with one attached hydrogen (secondary N) is 1. The highest BCUT2D eigenvalue weighted by Gasteiger charge is 2.07. The van der Waals surface area contributed by atoms with Crippen LogP contribution in [-0.4, -0.2) is 6.54 Å². The highest BCUT2D eigenvalue weighted by Crippen LogP contribution is 2.20. The topological polar surface area (TPSA) is 35.8 Å². The minimum atomic E-state index is 0.331. The van der Waals surface area contributed by atoms with Gasteiger partial charge in [0.2, 0.25) is 0 Å². The molecule has 0 fully saturated rings. The smallest absolute Gasteiger partial charge is 0.0622 e. The van der Waals surface area contributed by atoms with Crippen LogP contribution in [-0.2, 0) is 0 Å². The number of halogens is 1. The highest BCUT2D eigenvalue weighted by molar-refractivity contribution is 6.30. The Morgan fingerprint density at radius 1 is 1.50 bits per heavy atom. The van der Waals surface area contributed by atoms with E-state index in [0.717, 1.165) is 24.4 Å². The van der Waals surface area contributed by atoms with Gasteiger partial charge in [0.25, 0.3) is 0 Å². The summed E-state index contributed by atoms with van der Waals surface area (Å²) in [5.41, 5.74) is 1.21. The molecule has 2 nitrogen and oxygen atoms in total. The van der Waals surface area contributed by atoms with Gasteiger partial charge >= 0.3 is 0 Å². The van der Waals surface area contributed by atoms with Crippen LogP contribution in [0.3, 0.4) is 0 Å². The molecule has 3 heteroatoms. The van der Waals surface area contributed by atoms with Gasteiger partial charge in [-0.05, 0) is 37.1 Å². The summed E-state index contributed by atoms with van der Waals surface area (Å²) in [7, 11) is 0. The van der Waals surface area contributed by atoms with Gasteiger partial charge in [-0.2, -0.15) is 5.26 Å². The second kappa shape index (κ2) is 7.27. The first-order chi connectivity index (χ1) is 7.77. The molecule has 0 saturated carbocycles. The number of hydrogen-bond acceptors (Lipinski definition) is 2. The molecule has 1 rings (SSSR count). The van der Waals surface area contributed by atoms with E-state index in [1.807, 2.05) is 18.2 Å². The summed E-state index contributed by atoms with van der Waals surface area (Å²) in [5, 5.41) is 12.7. The lowest BCUT2D eigenvalue weighted by Gasteiger charge is -2.17. The lowest BCUT2D eigenvalue weighted by atomic mass is 10.0. The fourth-order valence-electron chi connectivity index (χ4n) is 1.66. The molecule has 0 heterocycles. The lowest BCUT2D eigenvalue weighted by Crippen LogP contribution is -2.21. The predicted molar refractivity (Wildman–Crippen MR) is 67.3 cm³/mol. The van der Waals surface area contributed by atoms with Crippen LogP contribution in [0.2, 0.25) is 5.02 Å². The molecule has 0 aliphatic heterocycles. The first-order valence-corrected chi connectivity index (χ1v) is 6.01. The molecule has 1 atom stereocenters. The van der Waals surface area contributed by atoms with E-state index in [1.165, 1.54) is 5.56 Å². The number of hydrogen-bond donors (Lipinski definition) is 1. The molecule has 0 aliphatic rings.